The van der Waals surface area contributed by atoms with Crippen molar-refractivity contribution in [1.29, 1.82) is 0 Å². The van der Waals surface area contributed by atoms with Crippen LogP contribution in [-0.4, -0.2) is 38.6 Å². The Balaban J connectivity index is 1.43. The second kappa shape index (κ2) is 9.03. The quantitative estimate of drug-likeness (QED) is 0.482. The Kier molecular flexibility index (Phi) is 5.90. The molecule has 1 amide bonds. The van der Waals surface area contributed by atoms with E-state index in [-0.39, 0.29) is 11.5 Å². The molecule has 1 N–H and O–H groups in total. The molecule has 0 saturated carbocycles. The number of hydrogen-bond donors (Lipinski definition) is 1. The largest absolute Gasteiger partial charge is 0.497 e. The van der Waals surface area contributed by atoms with Gasteiger partial charge in [0, 0.05) is 44.5 Å². The molecule has 180 valence electrons. The smallest absolute Gasteiger partial charge is 0.279 e. The minimum Gasteiger partial charge on any atom is -0.497 e. The molecule has 4 aromatic rings. The van der Waals surface area contributed by atoms with Crippen LogP contribution in [0, 0.1) is 13.8 Å². The summed E-state index contributed by atoms with van der Waals surface area (Å²) in [5, 5.41) is 7.25. The summed E-state index contributed by atoms with van der Waals surface area (Å²) in [5.74, 6) is 0.542. The maximum atomic E-state index is 13.4. The van der Waals surface area contributed by atoms with E-state index in [2.05, 4.69) is 15.3 Å². The van der Waals surface area contributed by atoms with Gasteiger partial charge in [0.2, 0.25) is 0 Å². The number of aromatic nitrogens is 3. The topological polar surface area (TPSA) is 80.9 Å². The molecule has 3 heterocycles. The third kappa shape index (κ3) is 4.21. The van der Waals surface area contributed by atoms with Crippen molar-refractivity contribution >= 4 is 17.2 Å². The normalized spacial score (nSPS) is 13.6. The number of hydrogen-bond acceptors (Lipinski definition) is 5. The van der Waals surface area contributed by atoms with E-state index in [0.717, 1.165) is 58.9 Å². The van der Waals surface area contributed by atoms with Crippen LogP contribution in [-0.2, 0) is 26.6 Å². The van der Waals surface area contributed by atoms with Gasteiger partial charge in [-0.2, -0.15) is 9.61 Å². The first-order valence-corrected chi connectivity index (χ1v) is 11.7. The van der Waals surface area contributed by atoms with Crippen molar-refractivity contribution in [3.8, 4) is 5.75 Å². The Morgan fingerprint density at radius 3 is 2.60 bits per heavy atom. The Labute approximate surface area is 203 Å². The molecule has 2 aromatic carbocycles. The predicted octanol–water partition coefficient (Wildman–Crippen LogP) is 3.47. The fourth-order valence-electron chi connectivity index (χ4n) is 4.74. The Hall–Kier alpha value is -3.91. The van der Waals surface area contributed by atoms with Crippen LogP contribution >= 0.6 is 0 Å². The molecule has 1 aliphatic heterocycles. The van der Waals surface area contributed by atoms with E-state index >= 15 is 0 Å². The molecule has 0 radical (unpaired) electrons. The average Bonchev–Trinajstić information content (AvgIpc) is 3.31. The minimum absolute atomic E-state index is 0.169. The number of nitrogens with zero attached hydrogens (tertiary/aromatic N) is 4. The van der Waals surface area contributed by atoms with E-state index in [9.17, 15) is 9.59 Å². The standard InChI is InChI=1S/C27H29N5O3/c1-17-5-8-20(13-18(17)2)29-25(33)22-14-28-32-26(22)30(3)24-11-12-31(16-23(24)27(32)34)15-19-6-9-21(35-4)10-7-19/h5-10,13-14H,11-12,15-16H2,1-4H3,(H,29,33). The molecule has 8 nitrogen and oxygen atoms in total. The highest BCUT2D eigenvalue weighted by molar-refractivity contribution is 6.08. The van der Waals surface area contributed by atoms with Gasteiger partial charge in [-0.05, 0) is 54.8 Å². The highest BCUT2D eigenvalue weighted by Crippen LogP contribution is 2.23. The predicted molar refractivity (Wildman–Crippen MR) is 135 cm³/mol. The number of methoxy groups -OCH3 is 1. The van der Waals surface area contributed by atoms with Crippen LogP contribution in [0.5, 0.6) is 5.75 Å². The molecule has 0 spiro atoms. The Morgan fingerprint density at radius 1 is 1.11 bits per heavy atom. The third-order valence-corrected chi connectivity index (χ3v) is 6.89. The molecule has 5 rings (SSSR count). The van der Waals surface area contributed by atoms with Gasteiger partial charge in [0.15, 0.2) is 5.65 Å². The summed E-state index contributed by atoms with van der Waals surface area (Å²) >= 11 is 0. The molecule has 35 heavy (non-hydrogen) atoms. The van der Waals surface area contributed by atoms with Crippen molar-refractivity contribution in [3.63, 3.8) is 0 Å². The van der Waals surface area contributed by atoms with Gasteiger partial charge in [-0.3, -0.25) is 14.5 Å². The van der Waals surface area contributed by atoms with E-state index < -0.39 is 0 Å². The third-order valence-electron chi connectivity index (χ3n) is 6.89. The Morgan fingerprint density at radius 2 is 1.89 bits per heavy atom. The molecule has 0 bridgehead atoms. The lowest BCUT2D eigenvalue weighted by molar-refractivity contribution is 0.102. The van der Waals surface area contributed by atoms with Crippen LogP contribution in [0.25, 0.3) is 5.65 Å². The van der Waals surface area contributed by atoms with E-state index in [0.29, 0.717) is 17.8 Å². The summed E-state index contributed by atoms with van der Waals surface area (Å²) in [6, 6.07) is 13.8. The monoisotopic (exact) mass is 471 g/mol. The number of carbonyl (C=O) groups excluding carboxylic acids is 1. The summed E-state index contributed by atoms with van der Waals surface area (Å²) in [4.78, 5) is 28.8. The Bertz CT molecular complexity index is 1480. The summed E-state index contributed by atoms with van der Waals surface area (Å²) < 4.78 is 8.54. The van der Waals surface area contributed by atoms with Crippen molar-refractivity contribution in [2.24, 2.45) is 7.05 Å². The summed E-state index contributed by atoms with van der Waals surface area (Å²) in [6.45, 7) is 6.14. The number of amides is 1. The number of nitrogens with one attached hydrogen (secondary N) is 1. The number of aryl methyl sites for hydroxylation is 3. The second-order valence-corrected chi connectivity index (χ2v) is 9.14. The van der Waals surface area contributed by atoms with Gasteiger partial charge >= 0.3 is 0 Å². The summed E-state index contributed by atoms with van der Waals surface area (Å²) in [5.41, 5.74) is 6.55. The van der Waals surface area contributed by atoms with Crippen molar-refractivity contribution in [3.05, 3.63) is 92.5 Å². The van der Waals surface area contributed by atoms with E-state index in [4.69, 9.17) is 4.74 Å². The fourth-order valence-corrected chi connectivity index (χ4v) is 4.74. The molecule has 8 heteroatoms. The van der Waals surface area contributed by atoms with Crippen molar-refractivity contribution < 1.29 is 9.53 Å². The lowest BCUT2D eigenvalue weighted by atomic mass is 10.0. The van der Waals surface area contributed by atoms with E-state index in [1.54, 1.807) is 7.11 Å². The van der Waals surface area contributed by atoms with Gasteiger partial charge in [0.25, 0.3) is 11.5 Å². The van der Waals surface area contributed by atoms with Crippen LogP contribution in [0.1, 0.15) is 38.3 Å². The molecule has 0 fully saturated rings. The number of benzene rings is 2. The molecule has 1 aliphatic rings. The van der Waals surface area contributed by atoms with Crippen molar-refractivity contribution in [2.75, 3.05) is 19.0 Å². The first-order chi connectivity index (χ1) is 16.9. The van der Waals surface area contributed by atoms with Gasteiger partial charge in [-0.25, -0.2) is 0 Å². The van der Waals surface area contributed by atoms with E-state index in [1.807, 2.05) is 67.9 Å². The number of rotatable bonds is 5. The highest BCUT2D eigenvalue weighted by atomic mass is 16.5. The highest BCUT2D eigenvalue weighted by Gasteiger charge is 2.26. The number of carbonyl (C=O) groups is 1. The van der Waals surface area contributed by atoms with Gasteiger partial charge in [-0.15, -0.1) is 0 Å². The zero-order chi connectivity index (χ0) is 24.7. The zero-order valence-corrected chi connectivity index (χ0v) is 20.5. The first-order valence-electron chi connectivity index (χ1n) is 11.7. The zero-order valence-electron chi connectivity index (χ0n) is 20.5. The second-order valence-electron chi connectivity index (χ2n) is 9.14. The van der Waals surface area contributed by atoms with Crippen molar-refractivity contribution in [2.45, 2.75) is 33.4 Å². The van der Waals surface area contributed by atoms with Gasteiger partial charge < -0.3 is 14.6 Å². The minimum atomic E-state index is -0.282. The molecule has 0 atom stereocenters. The molecule has 0 aliphatic carbocycles. The maximum absolute atomic E-state index is 13.4. The van der Waals surface area contributed by atoms with E-state index in [1.165, 1.54) is 10.7 Å². The van der Waals surface area contributed by atoms with Gasteiger partial charge in [0.1, 0.15) is 11.3 Å². The molecule has 0 saturated heterocycles. The van der Waals surface area contributed by atoms with Crippen LogP contribution in [0.3, 0.4) is 0 Å². The maximum Gasteiger partial charge on any atom is 0.279 e. The number of fused-ring (bicyclic) bond motifs is 2. The van der Waals surface area contributed by atoms with Gasteiger partial charge in [-0.1, -0.05) is 18.2 Å². The SMILES string of the molecule is COc1ccc(CN2CCc3c(c(=O)n4ncc(C(=O)Nc5ccc(C)c(C)c5)c4n3C)C2)cc1. The summed E-state index contributed by atoms with van der Waals surface area (Å²) in [6.07, 6.45) is 2.20. The van der Waals surface area contributed by atoms with Crippen LogP contribution < -0.4 is 15.6 Å². The number of ether oxygens (including phenoxy) is 1. The molecular formula is C27H29N5O3. The average molecular weight is 472 g/mol. The van der Waals surface area contributed by atoms with Crippen LogP contribution in [0.2, 0.25) is 0 Å². The van der Waals surface area contributed by atoms with Crippen LogP contribution in [0.4, 0.5) is 5.69 Å². The molecule has 2 aromatic heterocycles. The lowest BCUT2D eigenvalue weighted by Gasteiger charge is -2.30. The molecular weight excluding hydrogens is 442 g/mol. The first kappa shape index (κ1) is 22.9. The van der Waals surface area contributed by atoms with Crippen LogP contribution in [0.15, 0.2) is 53.5 Å². The van der Waals surface area contributed by atoms with Crippen molar-refractivity contribution in [1.82, 2.24) is 19.1 Å². The lowest BCUT2D eigenvalue weighted by Crippen LogP contribution is -2.38. The summed E-state index contributed by atoms with van der Waals surface area (Å²) in [7, 11) is 3.56. The fraction of sp³-hybridized carbons (Fsp3) is 0.296. The molecule has 0 unspecified atom stereocenters. The number of anilines is 1. The van der Waals surface area contributed by atoms with Gasteiger partial charge in [0.05, 0.1) is 18.9 Å².